The molecule has 1 heterocycles. The summed E-state index contributed by atoms with van der Waals surface area (Å²) in [6.45, 7) is 0.459. The molecule has 0 fully saturated rings. The molecule has 0 aliphatic rings. The minimum atomic E-state index is 0.459. The van der Waals surface area contributed by atoms with E-state index in [2.05, 4.69) is 42.3 Å². The second-order valence-corrected chi connectivity index (χ2v) is 5.94. The highest BCUT2D eigenvalue weighted by Crippen LogP contribution is 2.33. The van der Waals surface area contributed by atoms with Crippen molar-refractivity contribution in [1.29, 1.82) is 0 Å². The minimum Gasteiger partial charge on any atom is -0.486 e. The molecule has 90 valence electrons. The number of ether oxygens (including phenoxy) is 1. The first-order valence-corrected chi connectivity index (χ1v) is 7.09. The van der Waals surface area contributed by atoms with Gasteiger partial charge in [0, 0.05) is 6.20 Å². The van der Waals surface area contributed by atoms with Gasteiger partial charge in [-0.15, -0.1) is 0 Å². The molecule has 1 aromatic heterocycles. The molecule has 17 heavy (non-hydrogen) atoms. The van der Waals surface area contributed by atoms with Crippen LogP contribution in [0.5, 0.6) is 5.75 Å². The molecule has 2 aromatic rings. The van der Waals surface area contributed by atoms with Crippen molar-refractivity contribution < 1.29 is 4.74 Å². The zero-order valence-electron chi connectivity index (χ0n) is 8.61. The molecule has 0 aliphatic heterocycles. The molecule has 2 rings (SSSR count). The Morgan fingerprint density at radius 2 is 2.06 bits per heavy atom. The first kappa shape index (κ1) is 12.8. The molecule has 0 saturated carbocycles. The number of hydrazine groups is 1. The van der Waals surface area contributed by atoms with Crippen LogP contribution in [0.25, 0.3) is 0 Å². The Labute approximate surface area is 119 Å². The van der Waals surface area contributed by atoms with Gasteiger partial charge in [-0.05, 0) is 44.0 Å². The maximum absolute atomic E-state index is 5.72. The number of para-hydroxylation sites is 1. The largest absolute Gasteiger partial charge is 0.486 e. The summed E-state index contributed by atoms with van der Waals surface area (Å²) in [6.07, 6.45) is 1.74. The van der Waals surface area contributed by atoms with Crippen molar-refractivity contribution in [2.75, 3.05) is 5.43 Å². The number of rotatable bonds is 4. The standard InChI is InChI=1S/C10H9Br2N3OS/c11-7-2-1-3-8(12)9(7)16-5-6-4-14-10(15-13)17-6/h1-4H,5,13H2,(H,14,15). The van der Waals surface area contributed by atoms with Crippen molar-refractivity contribution in [3.05, 3.63) is 38.2 Å². The highest BCUT2D eigenvalue weighted by atomic mass is 79.9. The second-order valence-electron chi connectivity index (χ2n) is 3.12. The lowest BCUT2D eigenvalue weighted by Gasteiger charge is -2.08. The fourth-order valence-corrected chi connectivity index (χ4v) is 3.07. The van der Waals surface area contributed by atoms with Gasteiger partial charge in [-0.25, -0.2) is 10.8 Å². The van der Waals surface area contributed by atoms with Gasteiger partial charge < -0.3 is 4.74 Å². The smallest absolute Gasteiger partial charge is 0.197 e. The van der Waals surface area contributed by atoms with Crippen LogP contribution >= 0.6 is 43.2 Å². The summed E-state index contributed by atoms with van der Waals surface area (Å²) in [5.74, 6) is 6.04. The second kappa shape index (κ2) is 5.81. The number of thiazole rings is 1. The Bertz CT molecular complexity index is 498. The zero-order valence-corrected chi connectivity index (χ0v) is 12.6. The van der Waals surface area contributed by atoms with E-state index in [1.807, 2.05) is 18.2 Å². The normalized spacial score (nSPS) is 10.3. The Morgan fingerprint density at radius 1 is 1.35 bits per heavy atom. The van der Waals surface area contributed by atoms with E-state index >= 15 is 0 Å². The van der Waals surface area contributed by atoms with E-state index in [-0.39, 0.29) is 0 Å². The van der Waals surface area contributed by atoms with Crippen LogP contribution in [0.1, 0.15) is 4.88 Å². The molecule has 0 amide bonds. The maximum Gasteiger partial charge on any atom is 0.197 e. The summed E-state index contributed by atoms with van der Waals surface area (Å²) in [6, 6.07) is 5.80. The SMILES string of the molecule is NNc1ncc(COc2c(Br)cccc2Br)s1. The van der Waals surface area contributed by atoms with E-state index in [0.717, 1.165) is 19.6 Å². The Morgan fingerprint density at radius 3 is 2.65 bits per heavy atom. The molecule has 0 aliphatic carbocycles. The summed E-state index contributed by atoms with van der Waals surface area (Å²) < 4.78 is 7.54. The Hall–Kier alpha value is -0.630. The maximum atomic E-state index is 5.72. The predicted molar refractivity (Wildman–Crippen MR) is 76.1 cm³/mol. The van der Waals surface area contributed by atoms with E-state index in [1.54, 1.807) is 6.20 Å². The van der Waals surface area contributed by atoms with E-state index in [0.29, 0.717) is 11.7 Å². The van der Waals surface area contributed by atoms with Gasteiger partial charge in [-0.1, -0.05) is 17.4 Å². The van der Waals surface area contributed by atoms with Crippen LogP contribution in [0.2, 0.25) is 0 Å². The molecule has 0 unspecified atom stereocenters. The number of hydrogen-bond acceptors (Lipinski definition) is 5. The highest BCUT2D eigenvalue weighted by molar-refractivity contribution is 9.11. The van der Waals surface area contributed by atoms with Crippen molar-refractivity contribution in [1.82, 2.24) is 4.98 Å². The molecule has 0 atom stereocenters. The summed E-state index contributed by atoms with van der Waals surface area (Å²) in [4.78, 5) is 5.07. The first-order valence-electron chi connectivity index (χ1n) is 4.69. The zero-order chi connectivity index (χ0) is 12.3. The third-order valence-electron chi connectivity index (χ3n) is 1.95. The number of hydrogen-bond donors (Lipinski definition) is 2. The number of halogens is 2. The highest BCUT2D eigenvalue weighted by Gasteiger charge is 2.07. The first-order chi connectivity index (χ1) is 8.20. The quantitative estimate of drug-likeness (QED) is 0.631. The fourth-order valence-electron chi connectivity index (χ4n) is 1.20. The molecule has 0 radical (unpaired) electrons. The molecule has 0 saturated heterocycles. The van der Waals surface area contributed by atoms with Gasteiger partial charge in [-0.3, -0.25) is 5.43 Å². The van der Waals surface area contributed by atoms with Gasteiger partial charge >= 0.3 is 0 Å². The number of nitrogen functional groups attached to an aromatic ring is 1. The topological polar surface area (TPSA) is 60.2 Å². The van der Waals surface area contributed by atoms with Crippen LogP contribution in [0, 0.1) is 0 Å². The molecular weight excluding hydrogens is 370 g/mol. The monoisotopic (exact) mass is 377 g/mol. The van der Waals surface area contributed by atoms with Gasteiger partial charge in [0.2, 0.25) is 0 Å². The number of nitrogens with zero attached hydrogens (tertiary/aromatic N) is 1. The van der Waals surface area contributed by atoms with Crippen molar-refractivity contribution in [2.45, 2.75) is 6.61 Å². The number of nitrogens with two attached hydrogens (primary N) is 1. The summed E-state index contributed by atoms with van der Waals surface area (Å²) in [7, 11) is 0. The van der Waals surface area contributed by atoms with Crippen molar-refractivity contribution in [3.63, 3.8) is 0 Å². The van der Waals surface area contributed by atoms with Crippen LogP contribution in [0.3, 0.4) is 0 Å². The molecule has 1 aromatic carbocycles. The van der Waals surface area contributed by atoms with Crippen molar-refractivity contribution >= 4 is 48.3 Å². The Balaban J connectivity index is 2.07. The molecule has 0 bridgehead atoms. The van der Waals surface area contributed by atoms with E-state index in [9.17, 15) is 0 Å². The van der Waals surface area contributed by atoms with E-state index in [4.69, 9.17) is 10.6 Å². The number of anilines is 1. The lowest BCUT2D eigenvalue weighted by Crippen LogP contribution is -2.05. The molecular formula is C10H9Br2N3OS. The van der Waals surface area contributed by atoms with Crippen LogP contribution in [-0.4, -0.2) is 4.98 Å². The van der Waals surface area contributed by atoms with Crippen LogP contribution < -0.4 is 16.0 Å². The average molecular weight is 379 g/mol. The minimum absolute atomic E-state index is 0.459. The third kappa shape index (κ3) is 3.19. The van der Waals surface area contributed by atoms with Crippen molar-refractivity contribution in [3.8, 4) is 5.75 Å². The summed E-state index contributed by atoms with van der Waals surface area (Å²) in [5.41, 5.74) is 2.50. The number of benzene rings is 1. The number of nitrogens with one attached hydrogen (secondary N) is 1. The third-order valence-corrected chi connectivity index (χ3v) is 4.11. The number of aromatic nitrogens is 1. The molecule has 3 N–H and O–H groups in total. The summed E-state index contributed by atoms with van der Waals surface area (Å²) >= 11 is 8.34. The van der Waals surface area contributed by atoms with E-state index < -0.39 is 0 Å². The van der Waals surface area contributed by atoms with Gasteiger partial charge in [0.05, 0.1) is 13.8 Å². The lowest BCUT2D eigenvalue weighted by atomic mass is 10.3. The van der Waals surface area contributed by atoms with Gasteiger partial charge in [-0.2, -0.15) is 0 Å². The van der Waals surface area contributed by atoms with Gasteiger partial charge in [0.25, 0.3) is 0 Å². The molecule has 4 nitrogen and oxygen atoms in total. The van der Waals surface area contributed by atoms with Gasteiger partial charge in [0.1, 0.15) is 12.4 Å². The molecule has 7 heteroatoms. The average Bonchev–Trinajstić information content (AvgIpc) is 2.76. The Kier molecular flexibility index (Phi) is 4.38. The summed E-state index contributed by atoms with van der Waals surface area (Å²) in [5, 5.41) is 0.676. The lowest BCUT2D eigenvalue weighted by molar-refractivity contribution is 0.305. The van der Waals surface area contributed by atoms with Crippen LogP contribution in [-0.2, 0) is 6.61 Å². The fraction of sp³-hybridized carbons (Fsp3) is 0.100. The van der Waals surface area contributed by atoms with E-state index in [1.165, 1.54) is 11.3 Å². The van der Waals surface area contributed by atoms with Crippen LogP contribution in [0.4, 0.5) is 5.13 Å². The molecule has 0 spiro atoms. The van der Waals surface area contributed by atoms with Crippen LogP contribution in [0.15, 0.2) is 33.3 Å². The van der Waals surface area contributed by atoms with Crippen molar-refractivity contribution in [2.24, 2.45) is 5.84 Å². The van der Waals surface area contributed by atoms with Gasteiger partial charge in [0.15, 0.2) is 5.13 Å². The predicted octanol–water partition coefficient (Wildman–Crippen LogP) is 3.53.